The van der Waals surface area contributed by atoms with Gasteiger partial charge in [-0.2, -0.15) is 0 Å². The average Bonchev–Trinajstić information content (AvgIpc) is 2.63. The van der Waals surface area contributed by atoms with E-state index in [1.807, 2.05) is 0 Å². The normalized spacial score (nSPS) is 11.9. The first kappa shape index (κ1) is 30.4. The molecule has 0 aromatic carbocycles. The summed E-state index contributed by atoms with van der Waals surface area (Å²) in [5.74, 6) is 0. The molecule has 0 atom stereocenters. The van der Waals surface area contributed by atoms with Gasteiger partial charge in [0.1, 0.15) is 0 Å². The summed E-state index contributed by atoms with van der Waals surface area (Å²) >= 11 is 0. The van der Waals surface area contributed by atoms with E-state index in [2.05, 4.69) is 20.8 Å². The van der Waals surface area contributed by atoms with Gasteiger partial charge in [0.15, 0.2) is 0 Å². The van der Waals surface area contributed by atoms with Gasteiger partial charge >= 0.3 is 15.6 Å². The first-order valence-corrected chi connectivity index (χ1v) is 13.4. The highest BCUT2D eigenvalue weighted by Gasteiger charge is 2.26. The third kappa shape index (κ3) is 18.3. The second-order valence-corrected chi connectivity index (χ2v) is 9.05. The van der Waals surface area contributed by atoms with Crippen molar-refractivity contribution in [3.05, 3.63) is 0 Å². The number of phosphoric ester groups is 2. The lowest BCUT2D eigenvalue weighted by Gasteiger charge is -2.17. The summed E-state index contributed by atoms with van der Waals surface area (Å²) in [6, 6.07) is 0. The van der Waals surface area contributed by atoms with Gasteiger partial charge in [-0.25, -0.2) is 9.13 Å². The van der Waals surface area contributed by atoms with E-state index >= 15 is 0 Å². The summed E-state index contributed by atoms with van der Waals surface area (Å²) in [6.07, 6.45) is 5.63. The predicted octanol–water partition coefficient (Wildman–Crippen LogP) is 6.75. The Hall–Kier alpha value is 0.220. The summed E-state index contributed by atoms with van der Waals surface area (Å²) in [6.45, 7) is 13.7. The van der Waals surface area contributed by atoms with Crippen LogP contribution in [0.5, 0.6) is 0 Å². The highest BCUT2D eigenvalue weighted by atomic mass is 31.2. The van der Waals surface area contributed by atoms with Gasteiger partial charge < -0.3 is 0 Å². The van der Waals surface area contributed by atoms with Gasteiger partial charge in [0.05, 0.1) is 39.6 Å². The Kier molecular flexibility index (Phi) is 22.3. The number of hydrogen-bond acceptors (Lipinski definition) is 8. The number of rotatable bonds is 18. The summed E-state index contributed by atoms with van der Waals surface area (Å²) < 4.78 is 53.8. The van der Waals surface area contributed by atoms with Crippen molar-refractivity contribution < 1.29 is 36.3 Å². The minimum absolute atomic E-state index is 0.331. The van der Waals surface area contributed by atoms with Gasteiger partial charge in [-0.3, -0.25) is 27.1 Å². The molecule has 0 rings (SSSR count). The standard InChI is InChI=1S/C12H27O4P.C6H15O4P/c1-4-7-10-14-17(13,15-11-8-5-2)16-12-9-6-3;1-4-8-11(7,9-5-2)10-6-3/h4-12H2,1-3H3;4-6H2,1-3H3. The molecule has 10 heteroatoms. The van der Waals surface area contributed by atoms with Crippen molar-refractivity contribution >= 4 is 15.6 Å². The molecular formula is C18H42O8P2. The fraction of sp³-hybridized carbons (Fsp3) is 1.00. The maximum absolute atomic E-state index is 12.2. The third-order valence-electron chi connectivity index (χ3n) is 3.10. The number of hydrogen-bond donors (Lipinski definition) is 0. The molecule has 0 saturated heterocycles. The molecule has 0 aliphatic heterocycles. The molecule has 0 fully saturated rings. The zero-order chi connectivity index (χ0) is 21.7. The van der Waals surface area contributed by atoms with Crippen LogP contribution in [0.4, 0.5) is 0 Å². The second-order valence-electron chi connectivity index (χ2n) is 5.71. The van der Waals surface area contributed by atoms with Crippen LogP contribution in [0, 0.1) is 0 Å². The number of unbranched alkanes of at least 4 members (excludes halogenated alkanes) is 3. The molecule has 0 aliphatic carbocycles. The molecule has 0 spiro atoms. The Labute approximate surface area is 172 Å². The molecule has 0 aromatic rings. The molecule has 0 N–H and O–H groups in total. The fourth-order valence-electron chi connectivity index (χ4n) is 1.66. The van der Waals surface area contributed by atoms with Crippen LogP contribution in [-0.4, -0.2) is 39.6 Å². The van der Waals surface area contributed by atoms with E-state index in [1.54, 1.807) is 20.8 Å². The van der Waals surface area contributed by atoms with Crippen LogP contribution in [0.15, 0.2) is 0 Å². The van der Waals surface area contributed by atoms with Crippen molar-refractivity contribution in [1.82, 2.24) is 0 Å². The quantitative estimate of drug-likeness (QED) is 0.168. The summed E-state index contributed by atoms with van der Waals surface area (Å²) in [4.78, 5) is 0. The molecule has 28 heavy (non-hydrogen) atoms. The molecular weight excluding hydrogens is 406 g/mol. The first-order valence-electron chi connectivity index (χ1n) is 10.4. The van der Waals surface area contributed by atoms with Crippen LogP contribution in [0.2, 0.25) is 0 Å². The van der Waals surface area contributed by atoms with Crippen molar-refractivity contribution in [2.24, 2.45) is 0 Å². The highest BCUT2D eigenvalue weighted by Crippen LogP contribution is 2.50. The lowest BCUT2D eigenvalue weighted by atomic mass is 10.4. The lowest BCUT2D eigenvalue weighted by molar-refractivity contribution is 0.110. The molecule has 0 saturated carbocycles. The van der Waals surface area contributed by atoms with Crippen LogP contribution >= 0.6 is 15.6 Å². The van der Waals surface area contributed by atoms with Gasteiger partial charge in [0.25, 0.3) is 0 Å². The van der Waals surface area contributed by atoms with Gasteiger partial charge in [0, 0.05) is 0 Å². The molecule has 0 amide bonds. The fourth-order valence-corrected chi connectivity index (χ4v) is 4.11. The van der Waals surface area contributed by atoms with Gasteiger partial charge in [0.2, 0.25) is 0 Å². The minimum atomic E-state index is -3.31. The summed E-state index contributed by atoms with van der Waals surface area (Å²) in [5, 5.41) is 0. The maximum atomic E-state index is 12.2. The van der Waals surface area contributed by atoms with E-state index in [9.17, 15) is 9.13 Å². The monoisotopic (exact) mass is 448 g/mol. The minimum Gasteiger partial charge on any atom is -0.287 e. The van der Waals surface area contributed by atoms with E-state index in [0.717, 1.165) is 38.5 Å². The lowest BCUT2D eigenvalue weighted by Crippen LogP contribution is -2.03. The van der Waals surface area contributed by atoms with Crippen molar-refractivity contribution in [1.29, 1.82) is 0 Å². The van der Waals surface area contributed by atoms with Crippen molar-refractivity contribution in [3.63, 3.8) is 0 Å². The molecule has 172 valence electrons. The molecule has 0 aliphatic rings. The number of phosphoric acid groups is 2. The molecule has 0 aromatic heterocycles. The van der Waals surface area contributed by atoms with Crippen LogP contribution in [0.25, 0.3) is 0 Å². The Morgan fingerprint density at radius 1 is 0.464 bits per heavy atom. The van der Waals surface area contributed by atoms with E-state index in [4.69, 9.17) is 27.1 Å². The molecule has 0 heterocycles. The summed E-state index contributed by atoms with van der Waals surface area (Å²) in [7, 11) is -6.53. The third-order valence-corrected chi connectivity index (χ3v) is 6.32. The van der Waals surface area contributed by atoms with E-state index < -0.39 is 15.6 Å². The molecule has 0 radical (unpaired) electrons. The Balaban J connectivity index is 0. The Morgan fingerprint density at radius 3 is 0.929 bits per heavy atom. The zero-order valence-electron chi connectivity index (χ0n) is 18.6. The average molecular weight is 448 g/mol. The molecule has 0 unspecified atom stereocenters. The summed E-state index contributed by atoms with van der Waals surface area (Å²) in [5.41, 5.74) is 0. The molecule has 0 bridgehead atoms. The molecule has 8 nitrogen and oxygen atoms in total. The van der Waals surface area contributed by atoms with Gasteiger partial charge in [-0.05, 0) is 40.0 Å². The topological polar surface area (TPSA) is 89.5 Å². The van der Waals surface area contributed by atoms with Gasteiger partial charge in [-0.15, -0.1) is 0 Å². The predicted molar refractivity (Wildman–Crippen MR) is 113 cm³/mol. The van der Waals surface area contributed by atoms with E-state index in [0.29, 0.717) is 39.6 Å². The van der Waals surface area contributed by atoms with E-state index in [-0.39, 0.29) is 0 Å². The Bertz CT molecular complexity index is 363. The van der Waals surface area contributed by atoms with E-state index in [1.165, 1.54) is 0 Å². The largest absolute Gasteiger partial charge is 0.474 e. The SMILES string of the molecule is CCCCOP(=O)(OCCCC)OCCCC.CCOP(=O)(OCC)OCC. The van der Waals surface area contributed by atoms with Crippen LogP contribution < -0.4 is 0 Å². The second kappa shape index (κ2) is 20.5. The van der Waals surface area contributed by atoms with Crippen LogP contribution in [0.1, 0.15) is 80.1 Å². The Morgan fingerprint density at radius 2 is 0.714 bits per heavy atom. The first-order chi connectivity index (χ1) is 13.4. The highest BCUT2D eigenvalue weighted by molar-refractivity contribution is 7.48. The smallest absolute Gasteiger partial charge is 0.287 e. The zero-order valence-corrected chi connectivity index (χ0v) is 20.4. The van der Waals surface area contributed by atoms with Crippen LogP contribution in [0.3, 0.4) is 0 Å². The van der Waals surface area contributed by atoms with Gasteiger partial charge in [-0.1, -0.05) is 40.0 Å². The van der Waals surface area contributed by atoms with Crippen molar-refractivity contribution in [2.75, 3.05) is 39.6 Å². The van der Waals surface area contributed by atoms with Crippen molar-refractivity contribution in [2.45, 2.75) is 80.1 Å². The van der Waals surface area contributed by atoms with Crippen molar-refractivity contribution in [3.8, 4) is 0 Å². The van der Waals surface area contributed by atoms with Crippen LogP contribution in [-0.2, 0) is 36.3 Å². The maximum Gasteiger partial charge on any atom is 0.474 e.